The third kappa shape index (κ3) is 4.95. The van der Waals surface area contributed by atoms with Gasteiger partial charge in [-0.05, 0) is 24.6 Å². The summed E-state index contributed by atoms with van der Waals surface area (Å²) >= 11 is 0. The van der Waals surface area contributed by atoms with E-state index in [0.29, 0.717) is 31.9 Å². The molecule has 8 heteroatoms. The monoisotopic (exact) mass is 344 g/mol. The molecule has 1 aliphatic rings. The van der Waals surface area contributed by atoms with E-state index < -0.39 is 23.7 Å². The van der Waals surface area contributed by atoms with Crippen molar-refractivity contribution in [3.8, 4) is 0 Å². The third-order valence-corrected chi connectivity index (χ3v) is 3.72. The predicted molar refractivity (Wildman–Crippen MR) is 80.2 cm³/mol. The van der Waals surface area contributed by atoms with Crippen molar-refractivity contribution < 1.29 is 27.5 Å². The molecule has 1 heterocycles. The van der Waals surface area contributed by atoms with Crippen LogP contribution < -0.4 is 5.32 Å². The lowest BCUT2D eigenvalue weighted by Crippen LogP contribution is -2.50. The Kier molecular flexibility index (Phi) is 5.82. The van der Waals surface area contributed by atoms with Gasteiger partial charge in [-0.1, -0.05) is 12.1 Å². The fourth-order valence-corrected chi connectivity index (χ4v) is 2.41. The van der Waals surface area contributed by atoms with E-state index >= 15 is 0 Å². The van der Waals surface area contributed by atoms with Crippen LogP contribution in [-0.2, 0) is 26.9 Å². The molecule has 0 saturated carbocycles. The van der Waals surface area contributed by atoms with Crippen LogP contribution in [0.5, 0.6) is 0 Å². The second-order valence-corrected chi connectivity index (χ2v) is 5.60. The number of carbonyl (C=O) groups excluding carboxylic acids is 2. The number of halogens is 3. The number of morpholine rings is 1. The van der Waals surface area contributed by atoms with E-state index in [1.807, 2.05) is 0 Å². The molecule has 1 saturated heterocycles. The van der Waals surface area contributed by atoms with Gasteiger partial charge in [0.1, 0.15) is 6.04 Å². The minimum Gasteiger partial charge on any atom is -0.378 e. The van der Waals surface area contributed by atoms with Crippen LogP contribution in [0.2, 0.25) is 0 Å². The molecule has 1 atom stereocenters. The quantitative estimate of drug-likeness (QED) is 0.903. The summed E-state index contributed by atoms with van der Waals surface area (Å²) in [4.78, 5) is 25.8. The molecular formula is C16H19F3N2O3. The van der Waals surface area contributed by atoms with Gasteiger partial charge < -0.3 is 15.0 Å². The normalized spacial score (nSPS) is 16.6. The van der Waals surface area contributed by atoms with Gasteiger partial charge >= 0.3 is 6.18 Å². The first kappa shape index (κ1) is 18.3. The molecule has 2 amide bonds. The van der Waals surface area contributed by atoms with E-state index in [0.717, 1.165) is 12.1 Å². The van der Waals surface area contributed by atoms with Crippen molar-refractivity contribution in [1.82, 2.24) is 10.2 Å². The lowest BCUT2D eigenvalue weighted by atomic mass is 10.1. The molecule has 0 spiro atoms. The van der Waals surface area contributed by atoms with Crippen molar-refractivity contribution in [2.45, 2.75) is 25.6 Å². The highest BCUT2D eigenvalue weighted by molar-refractivity contribution is 5.88. The van der Waals surface area contributed by atoms with Crippen LogP contribution in [0.25, 0.3) is 0 Å². The maximum Gasteiger partial charge on any atom is 0.416 e. The van der Waals surface area contributed by atoms with Gasteiger partial charge in [-0.25, -0.2) is 0 Å². The highest BCUT2D eigenvalue weighted by atomic mass is 19.4. The highest BCUT2D eigenvalue weighted by Crippen LogP contribution is 2.29. The summed E-state index contributed by atoms with van der Waals surface area (Å²) in [5.41, 5.74) is -0.311. The van der Waals surface area contributed by atoms with Crippen molar-refractivity contribution in [2.75, 3.05) is 26.3 Å². The van der Waals surface area contributed by atoms with Crippen LogP contribution in [0, 0.1) is 0 Å². The van der Waals surface area contributed by atoms with Crippen LogP contribution >= 0.6 is 0 Å². The maximum atomic E-state index is 12.5. The first-order chi connectivity index (χ1) is 11.3. The van der Waals surface area contributed by atoms with Crippen LogP contribution in [-0.4, -0.2) is 49.1 Å². The van der Waals surface area contributed by atoms with E-state index in [9.17, 15) is 22.8 Å². The number of benzene rings is 1. The molecular weight excluding hydrogens is 325 g/mol. The van der Waals surface area contributed by atoms with Gasteiger partial charge in [-0.15, -0.1) is 0 Å². The van der Waals surface area contributed by atoms with Gasteiger partial charge in [0.05, 0.1) is 25.2 Å². The third-order valence-electron chi connectivity index (χ3n) is 3.72. The van der Waals surface area contributed by atoms with Crippen molar-refractivity contribution in [2.24, 2.45) is 0 Å². The van der Waals surface area contributed by atoms with E-state index in [4.69, 9.17) is 4.74 Å². The molecule has 0 radical (unpaired) electrons. The fraction of sp³-hybridized carbons (Fsp3) is 0.500. The summed E-state index contributed by atoms with van der Waals surface area (Å²) in [6.45, 7) is 3.49. The summed E-state index contributed by atoms with van der Waals surface area (Å²) in [6.07, 6.45) is -4.49. The number of nitrogens with zero attached hydrogens (tertiary/aromatic N) is 1. The van der Waals surface area contributed by atoms with Crippen molar-refractivity contribution >= 4 is 11.8 Å². The van der Waals surface area contributed by atoms with E-state index in [1.165, 1.54) is 12.1 Å². The van der Waals surface area contributed by atoms with Crippen molar-refractivity contribution in [3.05, 3.63) is 35.4 Å². The molecule has 1 aromatic carbocycles. The summed E-state index contributed by atoms with van der Waals surface area (Å²) < 4.78 is 42.6. The molecule has 1 fully saturated rings. The SMILES string of the molecule is CC(NC(=O)Cc1ccc(C(F)(F)F)cc1)C(=O)N1CCOCC1. The number of carbonyl (C=O) groups is 2. The Morgan fingerprint density at radius 2 is 1.79 bits per heavy atom. The Hall–Kier alpha value is -2.09. The number of rotatable bonds is 4. The lowest BCUT2D eigenvalue weighted by molar-refractivity contribution is -0.139. The molecule has 1 aliphatic heterocycles. The van der Waals surface area contributed by atoms with Gasteiger partial charge in [0.15, 0.2) is 0 Å². The Bertz CT molecular complexity index is 581. The molecule has 5 nitrogen and oxygen atoms in total. The maximum absolute atomic E-state index is 12.5. The molecule has 24 heavy (non-hydrogen) atoms. The van der Waals surface area contributed by atoms with E-state index in [2.05, 4.69) is 5.32 Å². The van der Waals surface area contributed by atoms with Gasteiger partial charge in [-0.2, -0.15) is 13.2 Å². The molecule has 1 N–H and O–H groups in total. The number of hydrogen-bond donors (Lipinski definition) is 1. The molecule has 0 bridgehead atoms. The fourth-order valence-electron chi connectivity index (χ4n) is 2.41. The molecule has 1 aromatic rings. The number of alkyl halides is 3. The molecule has 132 valence electrons. The first-order valence-corrected chi connectivity index (χ1v) is 7.59. The standard InChI is InChI=1S/C16H19F3N2O3/c1-11(15(23)21-6-8-24-9-7-21)20-14(22)10-12-2-4-13(5-3-12)16(17,18)19/h2-5,11H,6-10H2,1H3,(H,20,22). The molecule has 2 rings (SSSR count). The van der Waals surface area contributed by atoms with Gasteiger partial charge in [0.25, 0.3) is 0 Å². The minimum absolute atomic E-state index is 0.0845. The Morgan fingerprint density at radius 1 is 1.21 bits per heavy atom. The first-order valence-electron chi connectivity index (χ1n) is 7.59. The molecule has 1 unspecified atom stereocenters. The topological polar surface area (TPSA) is 58.6 Å². The van der Waals surface area contributed by atoms with Gasteiger partial charge in [-0.3, -0.25) is 9.59 Å². The second kappa shape index (κ2) is 7.65. The zero-order valence-electron chi connectivity index (χ0n) is 13.2. The number of ether oxygens (including phenoxy) is 1. The van der Waals surface area contributed by atoms with Gasteiger partial charge in [0.2, 0.25) is 11.8 Å². The Morgan fingerprint density at radius 3 is 2.33 bits per heavy atom. The summed E-state index contributed by atoms with van der Waals surface area (Å²) in [7, 11) is 0. The average molecular weight is 344 g/mol. The summed E-state index contributed by atoms with van der Waals surface area (Å²) in [5, 5.41) is 2.58. The minimum atomic E-state index is -4.40. The van der Waals surface area contributed by atoms with Crippen LogP contribution in [0.15, 0.2) is 24.3 Å². The van der Waals surface area contributed by atoms with E-state index in [1.54, 1.807) is 11.8 Å². The van der Waals surface area contributed by atoms with Crippen molar-refractivity contribution in [3.63, 3.8) is 0 Å². The number of nitrogens with one attached hydrogen (secondary N) is 1. The molecule has 0 aliphatic carbocycles. The smallest absolute Gasteiger partial charge is 0.378 e. The zero-order valence-corrected chi connectivity index (χ0v) is 13.2. The Labute approximate surface area is 137 Å². The number of hydrogen-bond acceptors (Lipinski definition) is 3. The number of amides is 2. The zero-order chi connectivity index (χ0) is 17.7. The molecule has 0 aromatic heterocycles. The summed E-state index contributed by atoms with van der Waals surface area (Å²) in [5.74, 6) is -0.608. The van der Waals surface area contributed by atoms with Crippen LogP contribution in [0.4, 0.5) is 13.2 Å². The van der Waals surface area contributed by atoms with Crippen LogP contribution in [0.3, 0.4) is 0 Å². The van der Waals surface area contributed by atoms with E-state index in [-0.39, 0.29) is 12.3 Å². The predicted octanol–water partition coefficient (Wildman–Crippen LogP) is 1.61. The average Bonchev–Trinajstić information content (AvgIpc) is 2.54. The van der Waals surface area contributed by atoms with Gasteiger partial charge in [0, 0.05) is 13.1 Å². The lowest BCUT2D eigenvalue weighted by Gasteiger charge is -2.29. The highest BCUT2D eigenvalue weighted by Gasteiger charge is 2.30. The summed E-state index contributed by atoms with van der Waals surface area (Å²) in [6, 6.07) is 3.70. The second-order valence-electron chi connectivity index (χ2n) is 5.60. The Balaban J connectivity index is 1.87. The van der Waals surface area contributed by atoms with Crippen LogP contribution in [0.1, 0.15) is 18.1 Å². The van der Waals surface area contributed by atoms with Crippen molar-refractivity contribution in [1.29, 1.82) is 0 Å². The largest absolute Gasteiger partial charge is 0.416 e.